The Labute approximate surface area is 108 Å². The number of methoxy groups -OCH3 is 1. The molecule has 0 aromatic rings. The molecule has 94 valence electrons. The van der Waals surface area contributed by atoms with Gasteiger partial charge in [0.05, 0.1) is 5.60 Å². The van der Waals surface area contributed by atoms with E-state index in [1.807, 2.05) is 26.0 Å². The largest absolute Gasteiger partial charge is 0.374 e. The van der Waals surface area contributed by atoms with Crippen molar-refractivity contribution in [3.63, 3.8) is 0 Å². The first-order valence-corrected chi connectivity index (χ1v) is 6.04. The number of aldehydes is 1. The number of carbonyl (C=O) groups excluding carboxylic acids is 1. The molecule has 2 aliphatic carbocycles. The Morgan fingerprint density at radius 3 is 2.44 bits per heavy atom. The molecule has 0 amide bonds. The molecule has 0 atom stereocenters. The van der Waals surface area contributed by atoms with Crippen LogP contribution in [-0.4, -0.2) is 13.4 Å². The fraction of sp³-hybridized carbons (Fsp3) is 0.312. The lowest BCUT2D eigenvalue weighted by molar-refractivity contribution is 0.0193. The van der Waals surface area contributed by atoms with E-state index in [0.717, 1.165) is 34.1 Å². The van der Waals surface area contributed by atoms with Gasteiger partial charge in [0.25, 0.3) is 0 Å². The maximum atomic E-state index is 11.1. The van der Waals surface area contributed by atoms with E-state index < -0.39 is 0 Å². The molecule has 0 aromatic heterocycles. The molecule has 2 heteroatoms. The van der Waals surface area contributed by atoms with Crippen molar-refractivity contribution in [2.24, 2.45) is 0 Å². The van der Waals surface area contributed by atoms with Crippen LogP contribution in [-0.2, 0) is 10.3 Å². The summed E-state index contributed by atoms with van der Waals surface area (Å²) in [7, 11) is 1.70. The summed E-state index contributed by atoms with van der Waals surface area (Å²) >= 11 is 0. The standard InChI is InChI=1S/C16H18O2/c1-11-5-7-13(16(2,3)18-4)9-15-12(10-17)6-8-14(11)15/h5-10H,1-4H3. The molecule has 0 N–H and O–H groups in total. The third-order valence-electron chi connectivity index (χ3n) is 3.60. The number of rotatable bonds is 3. The zero-order valence-corrected chi connectivity index (χ0v) is 11.3. The topological polar surface area (TPSA) is 26.3 Å². The fourth-order valence-corrected chi connectivity index (χ4v) is 2.12. The van der Waals surface area contributed by atoms with E-state index in [0.29, 0.717) is 0 Å². The Morgan fingerprint density at radius 1 is 1.11 bits per heavy atom. The van der Waals surface area contributed by atoms with Gasteiger partial charge in [-0.25, -0.2) is 0 Å². The van der Waals surface area contributed by atoms with E-state index in [9.17, 15) is 4.79 Å². The first-order chi connectivity index (χ1) is 8.49. The highest BCUT2D eigenvalue weighted by Crippen LogP contribution is 2.33. The Balaban J connectivity index is 2.72. The van der Waals surface area contributed by atoms with Gasteiger partial charge in [-0.1, -0.05) is 24.3 Å². The van der Waals surface area contributed by atoms with Gasteiger partial charge in [-0.2, -0.15) is 0 Å². The average Bonchev–Trinajstić information content (AvgIpc) is 2.68. The predicted molar refractivity (Wildman–Crippen MR) is 73.2 cm³/mol. The van der Waals surface area contributed by atoms with E-state index in [4.69, 9.17) is 4.74 Å². The molecule has 0 spiro atoms. The van der Waals surface area contributed by atoms with Crippen molar-refractivity contribution in [3.8, 4) is 11.1 Å². The van der Waals surface area contributed by atoms with Crippen LogP contribution in [0.2, 0.25) is 0 Å². The van der Waals surface area contributed by atoms with Crippen molar-refractivity contribution in [3.05, 3.63) is 47.0 Å². The lowest BCUT2D eigenvalue weighted by atomic mass is 9.97. The molecule has 0 aliphatic heterocycles. The number of hydrogen-bond acceptors (Lipinski definition) is 2. The number of fused-ring (bicyclic) bond motifs is 1. The third kappa shape index (κ3) is 2.04. The highest BCUT2D eigenvalue weighted by Gasteiger charge is 2.21. The minimum absolute atomic E-state index is 0.365. The van der Waals surface area contributed by atoms with Crippen molar-refractivity contribution in [1.29, 1.82) is 0 Å². The minimum Gasteiger partial charge on any atom is -0.374 e. The van der Waals surface area contributed by atoms with Crippen LogP contribution in [0.25, 0.3) is 11.1 Å². The Morgan fingerprint density at radius 2 is 1.83 bits per heavy atom. The van der Waals surface area contributed by atoms with E-state index in [-0.39, 0.29) is 5.60 Å². The van der Waals surface area contributed by atoms with Gasteiger partial charge < -0.3 is 4.74 Å². The predicted octanol–water partition coefficient (Wildman–Crippen LogP) is 3.79. The van der Waals surface area contributed by atoms with Crippen LogP contribution in [0, 0.1) is 6.92 Å². The van der Waals surface area contributed by atoms with Crippen LogP contribution < -0.4 is 0 Å². The van der Waals surface area contributed by atoms with Crippen LogP contribution in [0.1, 0.15) is 35.3 Å². The smallest absolute Gasteiger partial charge is 0.150 e. The number of aryl methyl sites for hydroxylation is 1. The molecular formula is C16H18O2. The third-order valence-corrected chi connectivity index (χ3v) is 3.60. The van der Waals surface area contributed by atoms with E-state index in [2.05, 4.69) is 25.1 Å². The summed E-state index contributed by atoms with van der Waals surface area (Å²) in [5, 5.41) is 0. The maximum Gasteiger partial charge on any atom is 0.150 e. The minimum atomic E-state index is -0.365. The van der Waals surface area contributed by atoms with Crippen LogP contribution in [0.3, 0.4) is 0 Å². The van der Waals surface area contributed by atoms with Crippen molar-refractivity contribution >= 4 is 6.29 Å². The van der Waals surface area contributed by atoms with Crippen LogP contribution in [0.15, 0.2) is 30.3 Å². The van der Waals surface area contributed by atoms with Crippen LogP contribution in [0.5, 0.6) is 0 Å². The second-order valence-electron chi connectivity index (χ2n) is 5.06. The summed E-state index contributed by atoms with van der Waals surface area (Å²) in [6.07, 6.45) is 0.908. The van der Waals surface area contributed by atoms with Crippen molar-refractivity contribution in [2.45, 2.75) is 26.4 Å². The molecule has 0 fully saturated rings. The van der Waals surface area contributed by atoms with Gasteiger partial charge in [0.2, 0.25) is 0 Å². The van der Waals surface area contributed by atoms with Gasteiger partial charge in [-0.15, -0.1) is 0 Å². The van der Waals surface area contributed by atoms with E-state index >= 15 is 0 Å². The van der Waals surface area contributed by atoms with E-state index in [1.54, 1.807) is 7.11 Å². The first kappa shape index (κ1) is 12.8. The van der Waals surface area contributed by atoms with Crippen LogP contribution in [0.4, 0.5) is 0 Å². The quantitative estimate of drug-likeness (QED) is 0.765. The average molecular weight is 242 g/mol. The lowest BCUT2D eigenvalue weighted by Crippen LogP contribution is -2.18. The molecule has 0 aromatic carbocycles. The van der Waals surface area contributed by atoms with Crippen molar-refractivity contribution in [1.82, 2.24) is 0 Å². The Hall–Kier alpha value is -1.67. The Kier molecular flexibility index (Phi) is 3.22. The summed E-state index contributed by atoms with van der Waals surface area (Å²) in [6.45, 7) is 6.10. The SMILES string of the molecule is COC(C)(C)c1ccc(C)c2ccc(C=O)c-2c1. The second-order valence-corrected chi connectivity index (χ2v) is 5.06. The van der Waals surface area contributed by atoms with E-state index in [1.165, 1.54) is 0 Å². The van der Waals surface area contributed by atoms with Crippen LogP contribution >= 0.6 is 0 Å². The monoisotopic (exact) mass is 242 g/mol. The van der Waals surface area contributed by atoms with Crippen molar-refractivity contribution < 1.29 is 9.53 Å². The van der Waals surface area contributed by atoms with Gasteiger partial charge in [-0.05, 0) is 49.1 Å². The van der Waals surface area contributed by atoms with Gasteiger partial charge in [0, 0.05) is 12.7 Å². The summed E-state index contributed by atoms with van der Waals surface area (Å²) in [5.74, 6) is 0. The highest BCUT2D eigenvalue weighted by atomic mass is 16.5. The maximum absolute atomic E-state index is 11.1. The zero-order valence-electron chi connectivity index (χ0n) is 11.3. The summed E-state index contributed by atoms with van der Waals surface area (Å²) < 4.78 is 5.52. The van der Waals surface area contributed by atoms with Gasteiger partial charge in [-0.3, -0.25) is 4.79 Å². The molecule has 2 rings (SSSR count). The van der Waals surface area contributed by atoms with Crippen molar-refractivity contribution in [2.75, 3.05) is 7.11 Å². The summed E-state index contributed by atoms with van der Waals surface area (Å²) in [4.78, 5) is 11.1. The normalized spacial score (nSPS) is 11.8. The number of ether oxygens (including phenoxy) is 1. The molecule has 0 unspecified atom stereocenters. The molecule has 18 heavy (non-hydrogen) atoms. The first-order valence-electron chi connectivity index (χ1n) is 6.04. The lowest BCUT2D eigenvalue weighted by Gasteiger charge is -2.22. The molecule has 2 nitrogen and oxygen atoms in total. The molecule has 2 aliphatic rings. The molecule has 0 bridgehead atoms. The molecule has 0 saturated heterocycles. The number of carbonyl (C=O) groups is 1. The summed E-state index contributed by atoms with van der Waals surface area (Å²) in [5.41, 5.74) is 4.71. The second kappa shape index (κ2) is 4.54. The number of hydrogen-bond donors (Lipinski definition) is 0. The zero-order chi connectivity index (χ0) is 13.3. The highest BCUT2D eigenvalue weighted by molar-refractivity contribution is 5.91. The molecular weight excluding hydrogens is 224 g/mol. The summed E-state index contributed by atoms with van der Waals surface area (Å²) in [6, 6.07) is 10.1. The fourth-order valence-electron chi connectivity index (χ4n) is 2.12. The van der Waals surface area contributed by atoms with Gasteiger partial charge in [0.15, 0.2) is 6.29 Å². The molecule has 0 radical (unpaired) electrons. The van der Waals surface area contributed by atoms with Gasteiger partial charge >= 0.3 is 0 Å². The Bertz CT molecular complexity index is 555. The molecule has 0 saturated carbocycles. The molecule has 0 heterocycles. The van der Waals surface area contributed by atoms with Gasteiger partial charge in [0.1, 0.15) is 0 Å².